The minimum Gasteiger partial charge on any atom is -0.478 e. The molecule has 0 aliphatic carbocycles. The van der Waals surface area contributed by atoms with Gasteiger partial charge >= 0.3 is 5.97 Å². The highest BCUT2D eigenvalue weighted by Crippen LogP contribution is 2.13. The summed E-state index contributed by atoms with van der Waals surface area (Å²) in [6.45, 7) is 14.4. The van der Waals surface area contributed by atoms with E-state index in [-0.39, 0.29) is 38.9 Å². The van der Waals surface area contributed by atoms with E-state index in [1.165, 1.54) is 18.2 Å². The standard InChI is InChI=1S/C12H15NOS.C12H14OS.C9H8O2.C8H8O3S.3CH4/c1-3-10-4-6-11(7-5-10)13-12(14)8-9-15-2;1-3-10-4-6-11(7-5-10)12(13)8-9-14-2;1-2-7-5-3-4-6-8(7)9(10)11;1-2-7-3-5-8(6-4-7)12(9,10)11;;;/h3-7H,1,8-9H2,2H3,(H,13,14);3-7H,1,8-9H2,2H3;2-6H,1H2,(H,10,11);2-6H,1H2,(H,9,10,11);3*1H4. The molecule has 0 aromatic heterocycles. The van der Waals surface area contributed by atoms with Gasteiger partial charge in [-0.25, -0.2) is 4.79 Å². The highest BCUT2D eigenvalue weighted by atomic mass is 32.2. The molecule has 3 N–H and O–H groups in total. The van der Waals surface area contributed by atoms with E-state index in [2.05, 4.69) is 31.6 Å². The molecular formula is C44H57NO7S3. The number of Topliss-reactive ketones (excluding diaryl/α,β-unsaturated/α-hetero) is 1. The number of benzene rings is 4. The number of thioether (sulfide) groups is 2. The van der Waals surface area contributed by atoms with Crippen molar-refractivity contribution in [1.82, 2.24) is 0 Å². The van der Waals surface area contributed by atoms with Crippen molar-refractivity contribution in [2.45, 2.75) is 40.0 Å². The second kappa shape index (κ2) is 30.4. The second-order valence-corrected chi connectivity index (χ2v) is 13.8. The summed E-state index contributed by atoms with van der Waals surface area (Å²) in [6.07, 6.45) is 11.9. The minimum atomic E-state index is -4.06. The molecule has 0 saturated carbocycles. The maximum Gasteiger partial charge on any atom is 0.336 e. The van der Waals surface area contributed by atoms with Crippen molar-refractivity contribution in [2.24, 2.45) is 0 Å². The number of carboxylic acid groups (broad SMARTS) is 1. The van der Waals surface area contributed by atoms with Crippen molar-refractivity contribution in [1.29, 1.82) is 0 Å². The summed E-state index contributed by atoms with van der Waals surface area (Å²) >= 11 is 3.37. The summed E-state index contributed by atoms with van der Waals surface area (Å²) < 4.78 is 29.7. The molecule has 0 bridgehead atoms. The van der Waals surface area contributed by atoms with Crippen LogP contribution in [0.1, 0.15) is 78.1 Å². The SMILES string of the molecule is C.C.C.C=Cc1ccc(C(=O)CCSC)cc1.C=Cc1ccc(NC(=O)CCSC)cc1.C=Cc1ccc(S(=O)(=O)O)cc1.C=Cc1ccccc1C(=O)O. The molecule has 8 nitrogen and oxygen atoms in total. The van der Waals surface area contributed by atoms with Crippen molar-refractivity contribution in [3.63, 3.8) is 0 Å². The van der Waals surface area contributed by atoms with Gasteiger partial charge < -0.3 is 10.4 Å². The lowest BCUT2D eigenvalue weighted by atomic mass is 10.1. The molecule has 0 aliphatic heterocycles. The van der Waals surface area contributed by atoms with Gasteiger partial charge in [-0.3, -0.25) is 14.1 Å². The van der Waals surface area contributed by atoms with Crippen LogP contribution in [0.4, 0.5) is 5.69 Å². The summed E-state index contributed by atoms with van der Waals surface area (Å²) in [5, 5.41) is 11.5. The quantitative estimate of drug-likeness (QED) is 0.0839. The van der Waals surface area contributed by atoms with Gasteiger partial charge in [0.25, 0.3) is 10.1 Å². The van der Waals surface area contributed by atoms with E-state index in [1.807, 2.05) is 61.0 Å². The molecule has 0 saturated heterocycles. The summed E-state index contributed by atoms with van der Waals surface area (Å²) in [4.78, 5) is 33.4. The zero-order valence-electron chi connectivity index (χ0n) is 29.4. The molecule has 0 fully saturated rings. The van der Waals surface area contributed by atoms with Crippen LogP contribution < -0.4 is 5.32 Å². The Balaban J connectivity index is -0.000000648. The molecule has 4 aromatic carbocycles. The predicted molar refractivity (Wildman–Crippen MR) is 242 cm³/mol. The monoisotopic (exact) mass is 807 g/mol. The highest BCUT2D eigenvalue weighted by molar-refractivity contribution is 7.98. The fraction of sp³-hybridized carbons (Fsp3) is 0.205. The van der Waals surface area contributed by atoms with Gasteiger partial charge in [-0.2, -0.15) is 31.9 Å². The van der Waals surface area contributed by atoms with Crippen LogP contribution in [-0.2, 0) is 14.9 Å². The Hall–Kier alpha value is -4.94. The molecule has 55 heavy (non-hydrogen) atoms. The van der Waals surface area contributed by atoms with Crippen LogP contribution in [0.25, 0.3) is 24.3 Å². The third-order valence-electron chi connectivity index (χ3n) is 6.79. The first kappa shape index (κ1) is 54.4. The Morgan fingerprint density at radius 1 is 0.655 bits per heavy atom. The lowest BCUT2D eigenvalue weighted by Gasteiger charge is -2.04. The van der Waals surface area contributed by atoms with Gasteiger partial charge in [0, 0.05) is 35.6 Å². The fourth-order valence-electron chi connectivity index (χ4n) is 3.91. The molecule has 11 heteroatoms. The Bertz CT molecular complexity index is 1870. The van der Waals surface area contributed by atoms with E-state index < -0.39 is 16.1 Å². The molecule has 4 aromatic rings. The van der Waals surface area contributed by atoms with Crippen LogP contribution in [0.3, 0.4) is 0 Å². The van der Waals surface area contributed by atoms with Crippen LogP contribution in [0, 0.1) is 0 Å². The summed E-state index contributed by atoms with van der Waals surface area (Å²) in [7, 11) is -4.06. The Morgan fingerprint density at radius 2 is 1.09 bits per heavy atom. The number of anilines is 1. The number of hydrogen-bond donors (Lipinski definition) is 3. The van der Waals surface area contributed by atoms with Gasteiger partial charge in [-0.15, -0.1) is 0 Å². The van der Waals surface area contributed by atoms with Crippen LogP contribution in [-0.4, -0.2) is 59.8 Å². The molecule has 0 spiro atoms. The van der Waals surface area contributed by atoms with E-state index in [1.54, 1.807) is 78.2 Å². The Labute approximate surface area is 338 Å². The van der Waals surface area contributed by atoms with E-state index in [0.717, 1.165) is 39.4 Å². The largest absolute Gasteiger partial charge is 0.478 e. The second-order valence-electron chi connectivity index (χ2n) is 10.5. The lowest BCUT2D eigenvalue weighted by Crippen LogP contribution is -2.11. The molecule has 4 rings (SSSR count). The molecule has 0 aliphatic rings. The molecule has 1 amide bonds. The zero-order valence-corrected chi connectivity index (χ0v) is 31.8. The summed E-state index contributed by atoms with van der Waals surface area (Å²) in [5.74, 6) is 1.12. The number of carbonyl (C=O) groups is 3. The van der Waals surface area contributed by atoms with Crippen molar-refractivity contribution in [2.75, 3.05) is 29.3 Å². The first-order valence-corrected chi connectivity index (χ1v) is 20.0. The average Bonchev–Trinajstić information content (AvgIpc) is 3.16. The van der Waals surface area contributed by atoms with Crippen LogP contribution in [0.15, 0.2) is 128 Å². The van der Waals surface area contributed by atoms with Crippen molar-refractivity contribution >= 4 is 81.3 Å². The van der Waals surface area contributed by atoms with Crippen LogP contribution in [0.5, 0.6) is 0 Å². The van der Waals surface area contributed by atoms with E-state index in [4.69, 9.17) is 9.66 Å². The number of amides is 1. The average molecular weight is 808 g/mol. The predicted octanol–water partition coefficient (Wildman–Crippen LogP) is 11.8. The van der Waals surface area contributed by atoms with Crippen molar-refractivity contribution in [3.8, 4) is 0 Å². The van der Waals surface area contributed by atoms with Crippen LogP contribution in [0.2, 0.25) is 0 Å². The number of nitrogens with one attached hydrogen (secondary N) is 1. The first-order valence-electron chi connectivity index (χ1n) is 15.7. The number of carbonyl (C=O) groups excluding carboxylic acids is 2. The summed E-state index contributed by atoms with van der Waals surface area (Å²) in [5.41, 5.74) is 5.49. The molecule has 0 heterocycles. The molecule has 298 valence electrons. The molecular weight excluding hydrogens is 751 g/mol. The maximum atomic E-state index is 11.6. The van der Waals surface area contributed by atoms with Gasteiger partial charge in [0.05, 0.1) is 10.5 Å². The number of carboxylic acids is 1. The molecule has 0 unspecified atom stereocenters. The van der Waals surface area contributed by atoms with Gasteiger partial charge in [0.1, 0.15) is 0 Å². The number of hydrogen-bond acceptors (Lipinski definition) is 7. The number of aromatic carboxylic acids is 1. The molecule has 0 radical (unpaired) electrons. The Kier molecular flexibility index (Phi) is 30.1. The first-order chi connectivity index (χ1) is 24.8. The number of ketones is 1. The van der Waals surface area contributed by atoms with E-state index in [0.29, 0.717) is 24.0 Å². The highest BCUT2D eigenvalue weighted by Gasteiger charge is 2.08. The van der Waals surface area contributed by atoms with Gasteiger partial charge in [0.2, 0.25) is 5.91 Å². The lowest BCUT2D eigenvalue weighted by molar-refractivity contribution is -0.115. The Morgan fingerprint density at radius 3 is 1.49 bits per heavy atom. The fourth-order valence-corrected chi connectivity index (χ4v) is 5.17. The summed E-state index contributed by atoms with van der Waals surface area (Å²) in [6, 6.07) is 27.7. The number of rotatable bonds is 14. The minimum absolute atomic E-state index is 0. The molecule has 0 atom stereocenters. The van der Waals surface area contributed by atoms with Gasteiger partial charge in [-0.05, 0) is 65.1 Å². The van der Waals surface area contributed by atoms with Crippen molar-refractivity contribution < 1.29 is 32.5 Å². The van der Waals surface area contributed by atoms with Gasteiger partial charge in [-0.1, -0.05) is 140 Å². The van der Waals surface area contributed by atoms with E-state index in [9.17, 15) is 22.8 Å². The van der Waals surface area contributed by atoms with Gasteiger partial charge in [0.15, 0.2) is 5.78 Å². The topological polar surface area (TPSA) is 138 Å². The van der Waals surface area contributed by atoms with Crippen LogP contribution >= 0.6 is 23.5 Å². The van der Waals surface area contributed by atoms with Crippen molar-refractivity contribution in [3.05, 3.63) is 157 Å². The normalized spacial score (nSPS) is 9.36. The smallest absolute Gasteiger partial charge is 0.336 e. The zero-order chi connectivity index (χ0) is 38.9. The third kappa shape index (κ3) is 22.1. The maximum absolute atomic E-state index is 11.6. The van der Waals surface area contributed by atoms with E-state index >= 15 is 0 Å². The third-order valence-corrected chi connectivity index (χ3v) is 8.88.